The van der Waals surface area contributed by atoms with Gasteiger partial charge in [0, 0.05) is 17.8 Å². The van der Waals surface area contributed by atoms with Crippen molar-refractivity contribution < 1.29 is 0 Å². The van der Waals surface area contributed by atoms with E-state index in [4.69, 9.17) is 5.73 Å². The van der Waals surface area contributed by atoms with Crippen LogP contribution in [0.25, 0.3) is 0 Å². The van der Waals surface area contributed by atoms with Gasteiger partial charge in [-0.05, 0) is 36.5 Å². The minimum atomic E-state index is -0.0319. The summed E-state index contributed by atoms with van der Waals surface area (Å²) in [6, 6.07) is 13.0. The number of pyridine rings is 1. The molecule has 1 aromatic heterocycles. The third-order valence-electron chi connectivity index (χ3n) is 4.12. The zero-order valence-electron chi connectivity index (χ0n) is 11.7. The van der Waals surface area contributed by atoms with Gasteiger partial charge < -0.3 is 10.3 Å². The summed E-state index contributed by atoms with van der Waals surface area (Å²) in [4.78, 5) is 12.2. The van der Waals surface area contributed by atoms with Crippen LogP contribution in [0, 0.1) is 11.3 Å². The van der Waals surface area contributed by atoms with Crippen LogP contribution in [0.4, 0.5) is 0 Å². The molecular formula is C17H17N3O. The predicted molar refractivity (Wildman–Crippen MR) is 80.8 cm³/mol. The zero-order chi connectivity index (χ0) is 14.8. The molecule has 0 radical (unpaired) electrons. The average Bonchev–Trinajstić information content (AvgIpc) is 2.51. The maximum Gasteiger partial charge on any atom is 0.251 e. The van der Waals surface area contributed by atoms with Gasteiger partial charge in [0.1, 0.15) is 0 Å². The largest absolute Gasteiger partial charge is 0.324 e. The molecule has 1 aliphatic carbocycles. The molecular weight excluding hydrogens is 262 g/mol. The fraction of sp³-hybridized carbons (Fsp3) is 0.294. The summed E-state index contributed by atoms with van der Waals surface area (Å²) in [7, 11) is 0. The lowest BCUT2D eigenvalue weighted by Crippen LogP contribution is -2.29. The van der Waals surface area contributed by atoms with Gasteiger partial charge in [-0.15, -0.1) is 0 Å². The Hall–Kier alpha value is -2.38. The molecule has 2 N–H and O–H groups in total. The van der Waals surface area contributed by atoms with Crippen LogP contribution in [-0.2, 0) is 13.0 Å². The van der Waals surface area contributed by atoms with Crippen molar-refractivity contribution in [2.24, 2.45) is 5.73 Å². The molecule has 2 aromatic rings. The topological polar surface area (TPSA) is 71.8 Å². The second kappa shape index (κ2) is 5.55. The number of aromatic nitrogens is 1. The number of nitriles is 1. The molecule has 21 heavy (non-hydrogen) atoms. The van der Waals surface area contributed by atoms with E-state index in [1.807, 2.05) is 24.3 Å². The zero-order valence-corrected chi connectivity index (χ0v) is 11.7. The normalized spacial score (nSPS) is 17.0. The van der Waals surface area contributed by atoms with Gasteiger partial charge in [0.05, 0.1) is 18.2 Å². The summed E-state index contributed by atoms with van der Waals surface area (Å²) < 4.78 is 1.77. The monoisotopic (exact) mass is 279 g/mol. The number of rotatable bonds is 2. The quantitative estimate of drug-likeness (QED) is 0.915. The maximum atomic E-state index is 12.2. The smallest absolute Gasteiger partial charge is 0.251 e. The molecule has 1 aromatic carbocycles. The Balaban J connectivity index is 2.09. The van der Waals surface area contributed by atoms with Crippen LogP contribution < -0.4 is 11.3 Å². The predicted octanol–water partition coefficient (Wildman–Crippen LogP) is 2.10. The summed E-state index contributed by atoms with van der Waals surface area (Å²) in [6.07, 6.45) is 2.82. The molecule has 1 aliphatic rings. The van der Waals surface area contributed by atoms with Crippen LogP contribution >= 0.6 is 0 Å². The minimum Gasteiger partial charge on any atom is -0.324 e. The lowest BCUT2D eigenvalue weighted by atomic mass is 9.91. The third-order valence-corrected chi connectivity index (χ3v) is 4.12. The number of nitrogens with two attached hydrogens (primary N) is 1. The van der Waals surface area contributed by atoms with Gasteiger partial charge in [0.25, 0.3) is 5.56 Å². The van der Waals surface area contributed by atoms with Crippen molar-refractivity contribution in [3.8, 4) is 6.07 Å². The molecule has 0 amide bonds. The minimum absolute atomic E-state index is 0.00631. The molecule has 4 heteroatoms. The highest BCUT2D eigenvalue weighted by Crippen LogP contribution is 2.27. The molecule has 0 spiro atoms. The summed E-state index contributed by atoms with van der Waals surface area (Å²) in [5, 5.41) is 9.19. The standard InChI is InChI=1S/C17H17N3O/c18-10-12-4-1-2-5-13(12)11-20-16-7-3-6-15(19)14(16)8-9-17(20)21/h1-2,4-5,8-9,15H,3,6-7,11,19H2. The molecule has 0 aliphatic heterocycles. The summed E-state index contributed by atoms with van der Waals surface area (Å²) >= 11 is 0. The molecule has 1 unspecified atom stereocenters. The number of nitrogens with zero attached hydrogens (tertiary/aromatic N) is 2. The van der Waals surface area contributed by atoms with Gasteiger partial charge >= 0.3 is 0 Å². The first-order valence-corrected chi connectivity index (χ1v) is 7.17. The Morgan fingerprint density at radius 3 is 2.90 bits per heavy atom. The first-order valence-electron chi connectivity index (χ1n) is 7.17. The van der Waals surface area contributed by atoms with Crippen LogP contribution in [0.5, 0.6) is 0 Å². The fourth-order valence-corrected chi connectivity index (χ4v) is 3.01. The van der Waals surface area contributed by atoms with Gasteiger partial charge in [-0.1, -0.05) is 24.3 Å². The molecule has 0 fully saturated rings. The lowest BCUT2D eigenvalue weighted by Gasteiger charge is -2.25. The third kappa shape index (κ3) is 2.48. The molecule has 3 rings (SSSR count). The van der Waals surface area contributed by atoms with Crippen LogP contribution in [0.15, 0.2) is 41.2 Å². The van der Waals surface area contributed by atoms with E-state index in [0.717, 1.165) is 36.1 Å². The van der Waals surface area contributed by atoms with Crippen molar-refractivity contribution in [1.29, 1.82) is 5.26 Å². The molecule has 4 nitrogen and oxygen atoms in total. The van der Waals surface area contributed by atoms with Gasteiger partial charge in [-0.3, -0.25) is 4.79 Å². The Morgan fingerprint density at radius 2 is 2.10 bits per heavy atom. The highest BCUT2D eigenvalue weighted by atomic mass is 16.1. The van der Waals surface area contributed by atoms with Crippen molar-refractivity contribution in [2.45, 2.75) is 31.8 Å². The highest BCUT2D eigenvalue weighted by molar-refractivity contribution is 5.38. The molecule has 1 heterocycles. The number of benzene rings is 1. The highest BCUT2D eigenvalue weighted by Gasteiger charge is 2.20. The van der Waals surface area contributed by atoms with Crippen LogP contribution in [0.2, 0.25) is 0 Å². The molecule has 1 atom stereocenters. The van der Waals surface area contributed by atoms with Crippen molar-refractivity contribution >= 4 is 0 Å². The van der Waals surface area contributed by atoms with E-state index in [0.29, 0.717) is 12.1 Å². The van der Waals surface area contributed by atoms with Crippen molar-refractivity contribution in [3.05, 3.63) is 69.1 Å². The van der Waals surface area contributed by atoms with E-state index < -0.39 is 0 Å². The van der Waals surface area contributed by atoms with Gasteiger partial charge in [0.2, 0.25) is 0 Å². The SMILES string of the molecule is N#Cc1ccccc1Cn1c2c(ccc1=O)C(N)CCC2. The van der Waals surface area contributed by atoms with Crippen molar-refractivity contribution in [2.75, 3.05) is 0 Å². The summed E-state index contributed by atoms with van der Waals surface area (Å²) in [6.45, 7) is 0.429. The van der Waals surface area contributed by atoms with E-state index in [1.165, 1.54) is 0 Å². The summed E-state index contributed by atoms with van der Waals surface area (Å²) in [5.41, 5.74) is 9.69. The van der Waals surface area contributed by atoms with Crippen LogP contribution in [-0.4, -0.2) is 4.57 Å². The van der Waals surface area contributed by atoms with Gasteiger partial charge in [-0.25, -0.2) is 0 Å². The second-order valence-corrected chi connectivity index (χ2v) is 5.43. The summed E-state index contributed by atoms with van der Waals surface area (Å²) in [5.74, 6) is 0. The molecule has 106 valence electrons. The van der Waals surface area contributed by atoms with E-state index >= 15 is 0 Å². The number of fused-ring (bicyclic) bond motifs is 1. The van der Waals surface area contributed by atoms with Crippen LogP contribution in [0.3, 0.4) is 0 Å². The van der Waals surface area contributed by atoms with E-state index in [9.17, 15) is 10.1 Å². The first-order chi connectivity index (χ1) is 10.2. The van der Waals surface area contributed by atoms with E-state index in [-0.39, 0.29) is 11.6 Å². The number of hydrogen-bond donors (Lipinski definition) is 1. The number of hydrogen-bond acceptors (Lipinski definition) is 3. The van der Waals surface area contributed by atoms with Crippen LogP contribution in [0.1, 0.15) is 41.3 Å². The Bertz CT molecular complexity index is 770. The van der Waals surface area contributed by atoms with Gasteiger partial charge in [0.15, 0.2) is 0 Å². The van der Waals surface area contributed by atoms with Gasteiger partial charge in [-0.2, -0.15) is 5.26 Å². The lowest BCUT2D eigenvalue weighted by molar-refractivity contribution is 0.529. The van der Waals surface area contributed by atoms with E-state index in [1.54, 1.807) is 16.7 Å². The maximum absolute atomic E-state index is 12.2. The van der Waals surface area contributed by atoms with E-state index in [2.05, 4.69) is 6.07 Å². The van der Waals surface area contributed by atoms with Crippen molar-refractivity contribution in [1.82, 2.24) is 4.57 Å². The Labute approximate surface area is 123 Å². The Kier molecular flexibility index (Phi) is 3.59. The molecule has 0 bridgehead atoms. The second-order valence-electron chi connectivity index (χ2n) is 5.43. The Morgan fingerprint density at radius 1 is 1.29 bits per heavy atom. The molecule has 0 saturated carbocycles. The average molecular weight is 279 g/mol. The van der Waals surface area contributed by atoms with Crippen molar-refractivity contribution in [3.63, 3.8) is 0 Å². The molecule has 0 saturated heterocycles. The fourth-order valence-electron chi connectivity index (χ4n) is 3.01. The first kappa shape index (κ1) is 13.6.